The van der Waals surface area contributed by atoms with Crippen LogP contribution in [-0.2, 0) is 56.8 Å². The van der Waals surface area contributed by atoms with E-state index in [0.29, 0.717) is 171 Å². The van der Waals surface area contributed by atoms with Crippen molar-refractivity contribution in [2.45, 2.75) is 199 Å². The molecule has 0 heterocycles. The van der Waals surface area contributed by atoms with Crippen molar-refractivity contribution in [3.8, 4) is 56.0 Å². The molecule has 0 aliphatic heterocycles. The molecule has 598 valence electrons. The Kier molecular flexibility index (Phi) is 46.8. The molecule has 8 rings (SSSR count). The first-order chi connectivity index (χ1) is 53.5. The molecule has 6 aromatic rings. The van der Waals surface area contributed by atoms with Crippen LogP contribution < -0.4 is 9.47 Å². The van der Waals surface area contributed by atoms with Gasteiger partial charge >= 0.3 is 0 Å². The van der Waals surface area contributed by atoms with E-state index in [1.165, 1.54) is 198 Å². The molecule has 0 radical (unpaired) electrons. The zero-order valence-electron chi connectivity index (χ0n) is 66.8. The third kappa shape index (κ3) is 37.2. The van der Waals surface area contributed by atoms with Crippen molar-refractivity contribution in [3.63, 3.8) is 0 Å². The summed E-state index contributed by atoms with van der Waals surface area (Å²) in [5, 5.41) is 0. The van der Waals surface area contributed by atoms with Gasteiger partial charge in [-0.05, 0) is 168 Å². The van der Waals surface area contributed by atoms with Gasteiger partial charge in [-0.3, -0.25) is 0 Å². The second-order valence-corrected chi connectivity index (χ2v) is 29.5. The Morgan fingerprint density at radius 3 is 0.787 bits per heavy atom. The van der Waals surface area contributed by atoms with Gasteiger partial charge in [0.05, 0.1) is 159 Å². The summed E-state index contributed by atoms with van der Waals surface area (Å²) in [4.78, 5) is 0. The van der Waals surface area contributed by atoms with Crippen LogP contribution in [0.25, 0.3) is 44.5 Å². The first kappa shape index (κ1) is 88.0. The van der Waals surface area contributed by atoms with Crippen LogP contribution in [0.4, 0.5) is 0 Å². The van der Waals surface area contributed by atoms with E-state index >= 15 is 0 Å². The molecule has 14 nitrogen and oxygen atoms in total. The first-order valence-corrected chi connectivity index (χ1v) is 42.4. The molecule has 0 bridgehead atoms. The van der Waals surface area contributed by atoms with Crippen molar-refractivity contribution in [2.24, 2.45) is 11.8 Å². The van der Waals surface area contributed by atoms with Gasteiger partial charge in [-0.1, -0.05) is 238 Å². The van der Waals surface area contributed by atoms with Gasteiger partial charge < -0.3 is 66.3 Å². The van der Waals surface area contributed by atoms with E-state index in [0.717, 1.165) is 47.7 Å². The minimum absolute atomic E-state index is 0.0207. The fourth-order valence-corrected chi connectivity index (χ4v) is 14.7. The van der Waals surface area contributed by atoms with Gasteiger partial charge in [-0.15, -0.1) is 0 Å². The number of benzene rings is 6. The molecule has 1 unspecified atom stereocenters. The summed E-state index contributed by atoms with van der Waals surface area (Å²) in [6.45, 7) is 19.3. The van der Waals surface area contributed by atoms with E-state index in [1.807, 2.05) is 12.1 Å². The SMILES string of the molecule is CCCCCCCCCCC(COCCOCCOCCOCCOCCOCCOCCOCCOCCOCCOCCOCCOc1ccc(-c2ccc(-c3ccc(C4CCC(CCCCC)CC4)cc3)cc2)cc1)Oc1ccc(-c2ccc(-c3ccc(C4CCC(CCCCC)CC4)cc3)cc2)cc1. The molecule has 6 aromatic carbocycles. The van der Waals surface area contributed by atoms with Crippen LogP contribution in [0.5, 0.6) is 11.5 Å². The quantitative estimate of drug-likeness (QED) is 0.0336. The molecule has 2 aliphatic rings. The predicted molar refractivity (Wildman–Crippen MR) is 439 cm³/mol. The van der Waals surface area contributed by atoms with Crippen LogP contribution in [0.15, 0.2) is 146 Å². The van der Waals surface area contributed by atoms with E-state index < -0.39 is 0 Å². The van der Waals surface area contributed by atoms with Gasteiger partial charge in [0.2, 0.25) is 0 Å². The fourth-order valence-electron chi connectivity index (χ4n) is 14.7. The Bertz CT molecular complexity index is 3070. The van der Waals surface area contributed by atoms with E-state index in [9.17, 15) is 0 Å². The van der Waals surface area contributed by atoms with Crippen LogP contribution in [0.2, 0.25) is 0 Å². The van der Waals surface area contributed by atoms with Crippen molar-refractivity contribution in [1.82, 2.24) is 0 Å². The molecule has 2 saturated carbocycles. The molecular weight excluding hydrogens is 1350 g/mol. The number of rotatable bonds is 64. The predicted octanol–water partition coefficient (Wildman–Crippen LogP) is 21.6. The lowest BCUT2D eigenvalue weighted by Crippen LogP contribution is -2.24. The van der Waals surface area contributed by atoms with Crippen molar-refractivity contribution >= 4 is 0 Å². The Morgan fingerprint density at radius 2 is 0.481 bits per heavy atom. The molecule has 0 N–H and O–H groups in total. The summed E-state index contributed by atoms with van der Waals surface area (Å²) in [5.41, 5.74) is 12.8. The second kappa shape index (κ2) is 57.5. The van der Waals surface area contributed by atoms with Gasteiger partial charge in [0, 0.05) is 0 Å². The Hall–Kier alpha value is -5.56. The summed E-state index contributed by atoms with van der Waals surface area (Å²) in [7, 11) is 0. The minimum Gasteiger partial charge on any atom is -0.491 e. The van der Waals surface area contributed by atoms with Crippen LogP contribution in [0.1, 0.15) is 204 Å². The highest BCUT2D eigenvalue weighted by Crippen LogP contribution is 2.40. The highest BCUT2D eigenvalue weighted by atomic mass is 16.6. The summed E-state index contributed by atoms with van der Waals surface area (Å²) in [6.07, 6.45) is 33.2. The molecule has 108 heavy (non-hydrogen) atoms. The number of hydrogen-bond donors (Lipinski definition) is 0. The monoisotopic (exact) mass is 1490 g/mol. The standard InChI is InChI=1S/C94H138O14/c1-4-7-10-11-12-13-14-17-20-94(108-93-51-47-91(48-52-93)89-43-39-87(40-44-89)85-35-31-83(32-36-85)81-27-23-79(24-28-81)19-16-9-6-3)77-106-74-73-104-70-69-102-66-65-100-62-61-98-58-57-96-54-53-95-55-56-97-59-60-99-63-64-101-67-68-103-71-72-105-75-76-107-92-49-45-90(46-50-92)88-41-37-86(38-42-88)84-33-29-82(30-34-84)80-25-21-78(22-26-80)18-15-8-5-2/h29-52,78-81,94H,4-28,53-77H2,1-3H3. The Balaban J connectivity index is 0.526. The number of ether oxygens (including phenoxy) is 14. The average Bonchev–Trinajstić information content (AvgIpc) is 0.829. The van der Waals surface area contributed by atoms with E-state index in [1.54, 1.807) is 0 Å². The van der Waals surface area contributed by atoms with E-state index in [-0.39, 0.29) is 6.10 Å². The highest BCUT2D eigenvalue weighted by molar-refractivity contribution is 5.72. The second-order valence-electron chi connectivity index (χ2n) is 29.5. The summed E-state index contributed by atoms with van der Waals surface area (Å²) >= 11 is 0. The van der Waals surface area contributed by atoms with Crippen molar-refractivity contribution in [3.05, 3.63) is 157 Å². The van der Waals surface area contributed by atoms with Crippen LogP contribution in [0.3, 0.4) is 0 Å². The topological polar surface area (TPSA) is 129 Å². The lowest BCUT2D eigenvalue weighted by atomic mass is 9.77. The van der Waals surface area contributed by atoms with Crippen LogP contribution >= 0.6 is 0 Å². The fraction of sp³-hybridized carbons (Fsp3) is 0.617. The van der Waals surface area contributed by atoms with Gasteiger partial charge in [0.15, 0.2) is 0 Å². The normalized spacial score (nSPS) is 16.3. The van der Waals surface area contributed by atoms with Gasteiger partial charge in [0.25, 0.3) is 0 Å². The number of unbranched alkanes of at least 4 members (excludes halogenated alkanes) is 11. The molecular formula is C94H138O14. The molecule has 2 fully saturated rings. The summed E-state index contributed by atoms with van der Waals surface area (Å²) < 4.78 is 80.9. The largest absolute Gasteiger partial charge is 0.491 e. The summed E-state index contributed by atoms with van der Waals surface area (Å²) in [5.74, 6) is 5.03. The third-order valence-corrected chi connectivity index (χ3v) is 21.3. The minimum atomic E-state index is -0.0207. The zero-order chi connectivity index (χ0) is 75.0. The van der Waals surface area contributed by atoms with Gasteiger partial charge in [0.1, 0.15) is 24.2 Å². The molecule has 0 aromatic heterocycles. The molecule has 2 aliphatic carbocycles. The van der Waals surface area contributed by atoms with E-state index in [4.69, 9.17) is 66.3 Å². The molecule has 0 spiro atoms. The lowest BCUT2D eigenvalue weighted by Gasteiger charge is -2.29. The Labute approximate surface area is 651 Å². The van der Waals surface area contributed by atoms with E-state index in [2.05, 4.69) is 154 Å². The molecule has 0 amide bonds. The van der Waals surface area contributed by atoms with Crippen molar-refractivity contribution in [2.75, 3.05) is 165 Å². The first-order valence-electron chi connectivity index (χ1n) is 42.4. The van der Waals surface area contributed by atoms with Gasteiger partial charge in [-0.25, -0.2) is 0 Å². The molecule has 14 heteroatoms. The third-order valence-electron chi connectivity index (χ3n) is 21.3. The smallest absolute Gasteiger partial charge is 0.122 e. The van der Waals surface area contributed by atoms with Crippen LogP contribution in [0, 0.1) is 11.8 Å². The van der Waals surface area contributed by atoms with Crippen LogP contribution in [-0.4, -0.2) is 171 Å². The average molecular weight is 1490 g/mol. The number of hydrogen-bond acceptors (Lipinski definition) is 14. The molecule has 1 atom stereocenters. The highest BCUT2D eigenvalue weighted by Gasteiger charge is 2.24. The maximum absolute atomic E-state index is 6.59. The van der Waals surface area contributed by atoms with Gasteiger partial charge in [-0.2, -0.15) is 0 Å². The lowest BCUT2D eigenvalue weighted by molar-refractivity contribution is -0.0296. The summed E-state index contributed by atoms with van der Waals surface area (Å²) in [6, 6.07) is 53.4. The molecule has 0 saturated heterocycles. The Morgan fingerprint density at radius 1 is 0.241 bits per heavy atom. The zero-order valence-corrected chi connectivity index (χ0v) is 66.8. The van der Waals surface area contributed by atoms with Crippen molar-refractivity contribution in [1.29, 1.82) is 0 Å². The maximum atomic E-state index is 6.59. The maximum Gasteiger partial charge on any atom is 0.122 e. The van der Waals surface area contributed by atoms with Crippen molar-refractivity contribution < 1.29 is 66.3 Å².